The molecule has 1 aliphatic heterocycles. The Labute approximate surface area is 190 Å². The Morgan fingerprint density at radius 3 is 2.38 bits per heavy atom. The maximum atomic E-state index is 12.6. The fourth-order valence-corrected chi connectivity index (χ4v) is 5.01. The number of nitrogens with zero attached hydrogens (tertiary/aromatic N) is 2. The molecule has 0 saturated heterocycles. The smallest absolute Gasteiger partial charge is 0.337 e. The van der Waals surface area contributed by atoms with E-state index in [1.807, 2.05) is 20.8 Å². The number of benzene rings is 2. The second-order valence-corrected chi connectivity index (χ2v) is 9.90. The lowest BCUT2D eigenvalue weighted by molar-refractivity contribution is -0.160. The Balaban J connectivity index is 2.17. The highest BCUT2D eigenvalue weighted by Crippen LogP contribution is 2.47. The SMILES string of the molecule is CCc1cc2c(-c3ccc(C)cc3)c([C@H](OC(C)(C)C)C(=O)O)c(C)c3c2n1CCN3C. The summed E-state index contributed by atoms with van der Waals surface area (Å²) in [4.78, 5) is 14.8. The van der Waals surface area contributed by atoms with Crippen molar-refractivity contribution in [2.24, 2.45) is 0 Å². The van der Waals surface area contributed by atoms with E-state index in [9.17, 15) is 9.90 Å². The number of aryl methyl sites for hydroxylation is 2. The fourth-order valence-electron chi connectivity index (χ4n) is 5.01. The molecule has 0 bridgehead atoms. The zero-order valence-electron chi connectivity index (χ0n) is 20.2. The fraction of sp³-hybridized carbons (Fsp3) is 0.444. The van der Waals surface area contributed by atoms with Gasteiger partial charge >= 0.3 is 5.97 Å². The number of carboxylic acid groups (broad SMARTS) is 1. The Hall–Kier alpha value is -2.79. The van der Waals surface area contributed by atoms with Gasteiger partial charge in [-0.2, -0.15) is 0 Å². The molecule has 0 amide bonds. The first kappa shape index (κ1) is 22.4. The number of ether oxygens (including phenoxy) is 1. The Morgan fingerprint density at radius 2 is 1.81 bits per heavy atom. The number of carboxylic acids is 1. The monoisotopic (exact) mass is 434 g/mol. The molecule has 0 spiro atoms. The standard InChI is InChI=1S/C27H34N2O3/c1-8-19-15-20-22(18-11-9-16(2)10-12-18)21(25(26(30)31)32-27(4,5)6)17(3)23-24(20)29(19)14-13-28(23)7/h9-12,15,25H,8,13-14H2,1-7H3,(H,30,31)/t25-/m0/s1. The highest BCUT2D eigenvalue weighted by molar-refractivity contribution is 6.07. The van der Waals surface area contributed by atoms with Gasteiger partial charge in [0.05, 0.1) is 16.8 Å². The molecular weight excluding hydrogens is 400 g/mol. The minimum Gasteiger partial charge on any atom is -0.479 e. The maximum absolute atomic E-state index is 12.6. The van der Waals surface area contributed by atoms with Crippen LogP contribution in [0.2, 0.25) is 0 Å². The molecular formula is C27H34N2O3. The first-order valence-electron chi connectivity index (χ1n) is 11.4. The van der Waals surface area contributed by atoms with Gasteiger partial charge < -0.3 is 19.3 Å². The molecule has 0 aliphatic carbocycles. The second-order valence-electron chi connectivity index (χ2n) is 9.90. The first-order valence-corrected chi connectivity index (χ1v) is 11.4. The van der Waals surface area contributed by atoms with Crippen LogP contribution in [0.25, 0.3) is 22.0 Å². The first-order chi connectivity index (χ1) is 15.0. The number of hydrogen-bond acceptors (Lipinski definition) is 3. The van der Waals surface area contributed by atoms with Crippen LogP contribution in [0.1, 0.15) is 56.2 Å². The normalized spacial score (nSPS) is 14.8. The third-order valence-electron chi connectivity index (χ3n) is 6.41. The van der Waals surface area contributed by atoms with E-state index in [4.69, 9.17) is 4.74 Å². The van der Waals surface area contributed by atoms with Gasteiger partial charge in [0.1, 0.15) is 0 Å². The summed E-state index contributed by atoms with van der Waals surface area (Å²) in [7, 11) is 2.10. The van der Waals surface area contributed by atoms with Crippen molar-refractivity contribution in [1.29, 1.82) is 0 Å². The van der Waals surface area contributed by atoms with E-state index in [-0.39, 0.29) is 0 Å². The van der Waals surface area contributed by atoms with Crippen LogP contribution < -0.4 is 4.90 Å². The van der Waals surface area contributed by atoms with Crippen LogP contribution in [-0.4, -0.2) is 34.8 Å². The largest absolute Gasteiger partial charge is 0.479 e. The van der Waals surface area contributed by atoms with Gasteiger partial charge in [0.2, 0.25) is 0 Å². The summed E-state index contributed by atoms with van der Waals surface area (Å²) in [5, 5.41) is 11.4. The third kappa shape index (κ3) is 3.69. The van der Waals surface area contributed by atoms with Crippen LogP contribution in [-0.2, 0) is 22.5 Å². The molecule has 0 radical (unpaired) electrons. The molecule has 0 unspecified atom stereocenters. The number of likely N-dealkylation sites (N-methyl/N-ethyl adjacent to an activating group) is 1. The van der Waals surface area contributed by atoms with E-state index >= 15 is 0 Å². The zero-order chi connectivity index (χ0) is 23.4. The summed E-state index contributed by atoms with van der Waals surface area (Å²) in [6.07, 6.45) is -0.129. The van der Waals surface area contributed by atoms with Crippen LogP contribution in [0, 0.1) is 13.8 Å². The van der Waals surface area contributed by atoms with E-state index in [1.165, 1.54) is 16.8 Å². The molecule has 32 heavy (non-hydrogen) atoms. The highest BCUT2D eigenvalue weighted by Gasteiger charge is 2.35. The van der Waals surface area contributed by atoms with Crippen LogP contribution in [0.4, 0.5) is 5.69 Å². The van der Waals surface area contributed by atoms with Crippen molar-refractivity contribution < 1.29 is 14.6 Å². The lowest BCUT2D eigenvalue weighted by atomic mass is 9.87. The van der Waals surface area contributed by atoms with E-state index in [0.717, 1.165) is 52.8 Å². The summed E-state index contributed by atoms with van der Waals surface area (Å²) < 4.78 is 8.61. The van der Waals surface area contributed by atoms with E-state index in [0.29, 0.717) is 0 Å². The molecule has 5 nitrogen and oxygen atoms in total. The summed E-state index contributed by atoms with van der Waals surface area (Å²) in [5.41, 5.74) is 7.91. The van der Waals surface area contributed by atoms with Crippen LogP contribution >= 0.6 is 0 Å². The van der Waals surface area contributed by atoms with Crippen molar-refractivity contribution >= 4 is 22.6 Å². The summed E-state index contributed by atoms with van der Waals surface area (Å²) in [6, 6.07) is 10.6. The number of aliphatic carboxylic acids is 1. The predicted molar refractivity (Wildman–Crippen MR) is 131 cm³/mol. The number of hydrogen-bond donors (Lipinski definition) is 1. The van der Waals surface area contributed by atoms with Crippen molar-refractivity contribution in [3.05, 3.63) is 52.7 Å². The topological polar surface area (TPSA) is 54.7 Å². The lowest BCUT2D eigenvalue weighted by Gasteiger charge is -2.34. The van der Waals surface area contributed by atoms with E-state index in [1.54, 1.807) is 0 Å². The highest BCUT2D eigenvalue weighted by atomic mass is 16.5. The van der Waals surface area contributed by atoms with Gasteiger partial charge in [0, 0.05) is 36.8 Å². The molecule has 5 heteroatoms. The molecule has 2 aromatic carbocycles. The minimum atomic E-state index is -1.06. The van der Waals surface area contributed by atoms with Crippen molar-refractivity contribution in [3.8, 4) is 11.1 Å². The maximum Gasteiger partial charge on any atom is 0.337 e. The Kier molecular flexibility index (Phi) is 5.58. The lowest BCUT2D eigenvalue weighted by Crippen LogP contribution is -2.31. The molecule has 3 aromatic rings. The van der Waals surface area contributed by atoms with E-state index in [2.05, 4.69) is 67.6 Å². The molecule has 170 valence electrons. The molecule has 2 heterocycles. The molecule has 1 atom stereocenters. The summed E-state index contributed by atoms with van der Waals surface area (Å²) in [5.74, 6) is -0.962. The van der Waals surface area contributed by atoms with Gasteiger partial charge in [-0.1, -0.05) is 36.8 Å². The van der Waals surface area contributed by atoms with Crippen LogP contribution in [0.15, 0.2) is 30.3 Å². The quantitative estimate of drug-likeness (QED) is 0.545. The molecule has 4 rings (SSSR count). The van der Waals surface area contributed by atoms with Gasteiger partial charge in [-0.05, 0) is 63.8 Å². The predicted octanol–water partition coefficient (Wildman–Crippen LogP) is 5.88. The van der Waals surface area contributed by atoms with Crippen molar-refractivity contribution in [2.45, 2.75) is 66.2 Å². The van der Waals surface area contributed by atoms with E-state index < -0.39 is 17.7 Å². The zero-order valence-corrected chi connectivity index (χ0v) is 20.2. The second kappa shape index (κ2) is 7.96. The van der Waals surface area contributed by atoms with Gasteiger partial charge in [-0.15, -0.1) is 0 Å². The van der Waals surface area contributed by atoms with Crippen LogP contribution in [0.5, 0.6) is 0 Å². The summed E-state index contributed by atoms with van der Waals surface area (Å²) >= 11 is 0. The number of carbonyl (C=O) groups is 1. The number of rotatable bonds is 5. The average Bonchev–Trinajstić information content (AvgIpc) is 3.08. The average molecular weight is 435 g/mol. The van der Waals surface area contributed by atoms with Crippen LogP contribution in [0.3, 0.4) is 0 Å². The van der Waals surface area contributed by atoms with Gasteiger partial charge in [-0.25, -0.2) is 4.79 Å². The minimum absolute atomic E-state index is 0.599. The van der Waals surface area contributed by atoms with Gasteiger partial charge in [-0.3, -0.25) is 0 Å². The van der Waals surface area contributed by atoms with Crippen molar-refractivity contribution in [2.75, 3.05) is 18.5 Å². The van der Waals surface area contributed by atoms with Crippen molar-refractivity contribution in [3.63, 3.8) is 0 Å². The number of aromatic nitrogens is 1. The molecule has 1 aliphatic rings. The van der Waals surface area contributed by atoms with Gasteiger partial charge in [0.15, 0.2) is 6.10 Å². The van der Waals surface area contributed by atoms with Crippen molar-refractivity contribution in [1.82, 2.24) is 4.57 Å². The molecule has 0 fully saturated rings. The summed E-state index contributed by atoms with van der Waals surface area (Å²) in [6.45, 7) is 13.8. The Bertz CT molecular complexity index is 1180. The Morgan fingerprint density at radius 1 is 1.16 bits per heavy atom. The molecule has 0 saturated carbocycles. The third-order valence-corrected chi connectivity index (χ3v) is 6.41. The molecule has 1 N–H and O–H groups in total. The molecule has 1 aromatic heterocycles. The van der Waals surface area contributed by atoms with Gasteiger partial charge in [0.25, 0.3) is 0 Å². The number of anilines is 1.